The summed E-state index contributed by atoms with van der Waals surface area (Å²) in [5.74, 6) is 0.997. The first-order valence-electron chi connectivity index (χ1n) is 5.23. The summed E-state index contributed by atoms with van der Waals surface area (Å²) in [5, 5.41) is 2.81. The molecule has 1 aromatic rings. The lowest BCUT2D eigenvalue weighted by atomic mass is 10.2. The third-order valence-electron chi connectivity index (χ3n) is 2.73. The maximum atomic E-state index is 11.5. The topological polar surface area (TPSA) is 84.1 Å². The molecule has 0 aromatic carbocycles. The Hall–Kier alpha value is -1.85. The van der Waals surface area contributed by atoms with Crippen molar-refractivity contribution >= 4 is 17.7 Å². The highest BCUT2D eigenvalue weighted by Crippen LogP contribution is 2.20. The van der Waals surface area contributed by atoms with Crippen LogP contribution in [0.2, 0.25) is 0 Å². The molecule has 6 heteroatoms. The maximum Gasteiger partial charge on any atom is 0.242 e. The Bertz CT molecular complexity index is 420. The number of piperazine rings is 1. The number of nitrogens with one attached hydrogen (secondary N) is 1. The second kappa shape index (κ2) is 3.96. The van der Waals surface area contributed by atoms with Crippen molar-refractivity contribution in [1.29, 1.82) is 0 Å². The molecule has 0 bridgehead atoms. The summed E-state index contributed by atoms with van der Waals surface area (Å²) in [6.07, 6.45) is 1.68. The van der Waals surface area contributed by atoms with Crippen molar-refractivity contribution in [2.45, 2.75) is 19.9 Å². The lowest BCUT2D eigenvalue weighted by Gasteiger charge is -2.34. The van der Waals surface area contributed by atoms with Gasteiger partial charge in [-0.15, -0.1) is 0 Å². The van der Waals surface area contributed by atoms with E-state index in [-0.39, 0.29) is 17.9 Å². The van der Waals surface area contributed by atoms with Crippen LogP contribution in [0.1, 0.15) is 12.5 Å². The highest BCUT2D eigenvalue weighted by molar-refractivity contribution is 5.86. The highest BCUT2D eigenvalue weighted by atomic mass is 16.2. The molecule has 2 heterocycles. The first kappa shape index (κ1) is 10.7. The molecule has 0 spiro atoms. The Kier molecular flexibility index (Phi) is 2.64. The van der Waals surface area contributed by atoms with Crippen LogP contribution in [-0.4, -0.2) is 35.0 Å². The fourth-order valence-corrected chi connectivity index (χ4v) is 1.81. The zero-order valence-corrected chi connectivity index (χ0v) is 9.40. The zero-order valence-electron chi connectivity index (χ0n) is 9.40. The van der Waals surface area contributed by atoms with E-state index in [4.69, 9.17) is 5.73 Å². The largest absolute Gasteiger partial charge is 0.368 e. The number of carbonyl (C=O) groups is 1. The van der Waals surface area contributed by atoms with Crippen LogP contribution in [0.15, 0.2) is 6.20 Å². The van der Waals surface area contributed by atoms with Gasteiger partial charge in [-0.25, -0.2) is 4.98 Å². The molecule has 1 aliphatic rings. The number of rotatable bonds is 1. The molecule has 6 nitrogen and oxygen atoms in total. The number of hydrogen-bond acceptors (Lipinski definition) is 5. The van der Waals surface area contributed by atoms with Crippen LogP contribution in [-0.2, 0) is 4.79 Å². The number of aryl methyl sites for hydroxylation is 1. The lowest BCUT2D eigenvalue weighted by molar-refractivity contribution is -0.122. The minimum Gasteiger partial charge on any atom is -0.368 e. The molecule has 0 radical (unpaired) electrons. The second-order valence-corrected chi connectivity index (χ2v) is 3.90. The SMILES string of the molecule is Cc1cnc(N)nc1N1CCNC(=O)C1C. The molecule has 3 N–H and O–H groups in total. The summed E-state index contributed by atoms with van der Waals surface area (Å²) in [4.78, 5) is 21.6. The summed E-state index contributed by atoms with van der Waals surface area (Å²) >= 11 is 0. The summed E-state index contributed by atoms with van der Waals surface area (Å²) in [5.41, 5.74) is 6.49. The Balaban J connectivity index is 2.35. The molecule has 0 saturated carbocycles. The van der Waals surface area contributed by atoms with E-state index in [0.717, 1.165) is 17.9 Å². The van der Waals surface area contributed by atoms with Crippen LogP contribution in [0.4, 0.5) is 11.8 Å². The van der Waals surface area contributed by atoms with E-state index in [2.05, 4.69) is 15.3 Å². The highest BCUT2D eigenvalue weighted by Gasteiger charge is 2.27. The van der Waals surface area contributed by atoms with Gasteiger partial charge in [-0.2, -0.15) is 4.98 Å². The van der Waals surface area contributed by atoms with E-state index in [9.17, 15) is 4.79 Å². The average Bonchev–Trinajstić information content (AvgIpc) is 2.26. The minimum absolute atomic E-state index is 0.0165. The molecule has 1 aromatic heterocycles. The summed E-state index contributed by atoms with van der Waals surface area (Å²) in [7, 11) is 0. The van der Waals surface area contributed by atoms with Crippen molar-refractivity contribution in [3.63, 3.8) is 0 Å². The van der Waals surface area contributed by atoms with E-state index < -0.39 is 0 Å². The lowest BCUT2D eigenvalue weighted by Crippen LogP contribution is -2.54. The van der Waals surface area contributed by atoms with Crippen LogP contribution in [0.25, 0.3) is 0 Å². The van der Waals surface area contributed by atoms with Gasteiger partial charge in [-0.3, -0.25) is 4.79 Å². The van der Waals surface area contributed by atoms with Crippen LogP contribution in [0.5, 0.6) is 0 Å². The smallest absolute Gasteiger partial charge is 0.242 e. The Morgan fingerprint density at radius 2 is 2.38 bits per heavy atom. The molecule has 1 fully saturated rings. The van der Waals surface area contributed by atoms with E-state index in [1.54, 1.807) is 6.20 Å². The standard InChI is InChI=1S/C10H15N5O/c1-6-5-13-10(11)14-8(6)15-4-3-12-9(16)7(15)2/h5,7H,3-4H2,1-2H3,(H,12,16)(H2,11,13,14). The second-order valence-electron chi connectivity index (χ2n) is 3.90. The third kappa shape index (κ3) is 1.78. The van der Waals surface area contributed by atoms with Crippen molar-refractivity contribution in [3.05, 3.63) is 11.8 Å². The van der Waals surface area contributed by atoms with Gasteiger partial charge in [0.25, 0.3) is 0 Å². The third-order valence-corrected chi connectivity index (χ3v) is 2.73. The number of hydrogen-bond donors (Lipinski definition) is 2. The van der Waals surface area contributed by atoms with Crippen LogP contribution < -0.4 is 16.0 Å². The summed E-state index contributed by atoms with van der Waals surface area (Å²) in [6, 6.07) is -0.221. The first-order chi connectivity index (χ1) is 7.59. The number of anilines is 2. The quantitative estimate of drug-likeness (QED) is 0.679. The molecule has 1 aliphatic heterocycles. The minimum atomic E-state index is -0.221. The monoisotopic (exact) mass is 221 g/mol. The first-order valence-corrected chi connectivity index (χ1v) is 5.23. The average molecular weight is 221 g/mol. The van der Waals surface area contributed by atoms with E-state index in [1.165, 1.54) is 0 Å². The number of nitrogen functional groups attached to an aromatic ring is 1. The molecule has 1 atom stereocenters. The van der Waals surface area contributed by atoms with E-state index >= 15 is 0 Å². The molecule has 2 rings (SSSR count). The zero-order chi connectivity index (χ0) is 11.7. The van der Waals surface area contributed by atoms with Crippen molar-refractivity contribution in [3.8, 4) is 0 Å². The van der Waals surface area contributed by atoms with Crippen molar-refractivity contribution in [2.24, 2.45) is 0 Å². The van der Waals surface area contributed by atoms with Gasteiger partial charge in [-0.1, -0.05) is 0 Å². The summed E-state index contributed by atoms with van der Waals surface area (Å²) < 4.78 is 0. The van der Waals surface area contributed by atoms with Gasteiger partial charge < -0.3 is 16.0 Å². The van der Waals surface area contributed by atoms with Crippen molar-refractivity contribution in [1.82, 2.24) is 15.3 Å². The van der Waals surface area contributed by atoms with Gasteiger partial charge in [-0.05, 0) is 13.8 Å². The molecule has 0 aliphatic carbocycles. The van der Waals surface area contributed by atoms with Gasteiger partial charge in [0.2, 0.25) is 11.9 Å². The summed E-state index contributed by atoms with van der Waals surface area (Å²) in [6.45, 7) is 5.14. The van der Waals surface area contributed by atoms with Crippen LogP contribution in [0.3, 0.4) is 0 Å². The van der Waals surface area contributed by atoms with Gasteiger partial charge in [0, 0.05) is 24.8 Å². The molecule has 1 unspecified atom stereocenters. The Morgan fingerprint density at radius 1 is 1.62 bits per heavy atom. The molecule has 1 amide bonds. The Morgan fingerprint density at radius 3 is 3.12 bits per heavy atom. The molecule has 86 valence electrons. The van der Waals surface area contributed by atoms with E-state index in [0.29, 0.717) is 6.54 Å². The predicted octanol–water partition coefficient (Wildman–Crippen LogP) is -0.308. The van der Waals surface area contributed by atoms with Gasteiger partial charge in [0.1, 0.15) is 11.9 Å². The fraction of sp³-hybridized carbons (Fsp3) is 0.500. The van der Waals surface area contributed by atoms with E-state index in [1.807, 2.05) is 18.7 Å². The molecule has 1 saturated heterocycles. The number of nitrogens with zero attached hydrogens (tertiary/aromatic N) is 3. The molecular formula is C10H15N5O. The Labute approximate surface area is 93.9 Å². The van der Waals surface area contributed by atoms with Crippen molar-refractivity contribution < 1.29 is 4.79 Å². The fourth-order valence-electron chi connectivity index (χ4n) is 1.81. The molecular weight excluding hydrogens is 206 g/mol. The number of aromatic nitrogens is 2. The predicted molar refractivity (Wildman–Crippen MR) is 61.0 cm³/mol. The molecule has 16 heavy (non-hydrogen) atoms. The van der Waals surface area contributed by atoms with Gasteiger partial charge in [0.15, 0.2) is 0 Å². The van der Waals surface area contributed by atoms with Crippen molar-refractivity contribution in [2.75, 3.05) is 23.7 Å². The normalized spacial score (nSPS) is 20.8. The van der Waals surface area contributed by atoms with Crippen LogP contribution in [0, 0.1) is 6.92 Å². The maximum absolute atomic E-state index is 11.5. The number of nitrogens with two attached hydrogens (primary N) is 1. The van der Waals surface area contributed by atoms with Crippen LogP contribution >= 0.6 is 0 Å². The van der Waals surface area contributed by atoms with Gasteiger partial charge in [0.05, 0.1) is 0 Å². The number of carbonyl (C=O) groups excluding carboxylic acids is 1. The number of amides is 1. The van der Waals surface area contributed by atoms with Gasteiger partial charge >= 0.3 is 0 Å².